The second-order valence-corrected chi connectivity index (χ2v) is 8.93. The zero-order valence-corrected chi connectivity index (χ0v) is 22.4. The summed E-state index contributed by atoms with van der Waals surface area (Å²) in [5.74, 6) is 0.560. The minimum absolute atomic E-state index is 0.294. The van der Waals surface area contributed by atoms with Crippen molar-refractivity contribution in [3.8, 4) is 22.5 Å². The van der Waals surface area contributed by atoms with Crippen molar-refractivity contribution in [3.63, 3.8) is 0 Å². The van der Waals surface area contributed by atoms with Crippen molar-refractivity contribution < 1.29 is 13.9 Å². The first-order chi connectivity index (χ1) is 17.4. The number of nitrogens with zero attached hydrogens (tertiary/aromatic N) is 2. The van der Waals surface area contributed by atoms with Gasteiger partial charge in [-0.1, -0.05) is 6.07 Å². The maximum atomic E-state index is 12.3. The fourth-order valence-corrected chi connectivity index (χ4v) is 5.01. The monoisotopic (exact) mass is 485 g/mol. The van der Waals surface area contributed by atoms with Gasteiger partial charge < -0.3 is 14.1 Å². The van der Waals surface area contributed by atoms with Crippen LogP contribution in [0.3, 0.4) is 0 Å². The van der Waals surface area contributed by atoms with E-state index >= 15 is 0 Å². The number of hydrogen-bond acceptors (Lipinski definition) is 4. The van der Waals surface area contributed by atoms with Gasteiger partial charge in [-0.15, -0.1) is 0 Å². The van der Waals surface area contributed by atoms with Gasteiger partial charge in [0.1, 0.15) is 24.4 Å². The van der Waals surface area contributed by atoms with Crippen molar-refractivity contribution in [2.45, 2.75) is 41.5 Å². The summed E-state index contributed by atoms with van der Waals surface area (Å²) in [5.41, 5.74) is 6.86. The number of carbonyl (C=O) groups is 1. The number of rotatable bonds is 8. The Balaban J connectivity index is 2.03. The van der Waals surface area contributed by atoms with E-state index in [1.165, 1.54) is 0 Å². The molecule has 4 rings (SSSR count). The first kappa shape index (κ1) is 25.5. The molecule has 1 aliphatic carbocycles. The Kier molecular flexibility index (Phi) is 7.78. The van der Waals surface area contributed by atoms with Gasteiger partial charge >= 0.3 is 5.97 Å². The van der Waals surface area contributed by atoms with Crippen molar-refractivity contribution in [1.29, 1.82) is 0 Å². The topological polar surface area (TPSA) is 45.7 Å². The maximum absolute atomic E-state index is 12.3. The van der Waals surface area contributed by atoms with Crippen molar-refractivity contribution in [1.82, 2.24) is 4.58 Å². The highest BCUT2D eigenvalue weighted by Gasteiger charge is 2.21. The van der Waals surface area contributed by atoms with Crippen LogP contribution in [0, 0.1) is 6.92 Å². The molecular formula is C31H37N2O3+. The molecule has 36 heavy (non-hydrogen) atoms. The average Bonchev–Trinajstić information content (AvgIpc) is 2.89. The smallest absolute Gasteiger partial charge is 0.338 e. The molecule has 0 amide bonds. The van der Waals surface area contributed by atoms with Gasteiger partial charge in [-0.3, -0.25) is 0 Å². The van der Waals surface area contributed by atoms with E-state index < -0.39 is 0 Å². The molecule has 0 atom stereocenters. The molecule has 1 heterocycles. The molecule has 0 fully saturated rings. The molecule has 0 unspecified atom stereocenters. The minimum Gasteiger partial charge on any atom is -0.462 e. The van der Waals surface area contributed by atoms with Crippen LogP contribution >= 0.6 is 0 Å². The van der Waals surface area contributed by atoms with Crippen LogP contribution in [0.2, 0.25) is 0 Å². The molecule has 188 valence electrons. The third kappa shape index (κ3) is 4.75. The van der Waals surface area contributed by atoms with E-state index in [0.717, 1.165) is 76.2 Å². The lowest BCUT2D eigenvalue weighted by molar-refractivity contribution is 0.0526. The summed E-state index contributed by atoms with van der Waals surface area (Å²) in [6.45, 7) is 16.6. The summed E-state index contributed by atoms with van der Waals surface area (Å²) in [7, 11) is 0. The predicted octanol–water partition coefficient (Wildman–Crippen LogP) is 6.35. The summed E-state index contributed by atoms with van der Waals surface area (Å²) in [6.07, 6.45) is 0. The van der Waals surface area contributed by atoms with Gasteiger partial charge in [0.2, 0.25) is 5.36 Å². The van der Waals surface area contributed by atoms with Crippen LogP contribution in [0.1, 0.15) is 50.5 Å². The second kappa shape index (κ2) is 11.0. The van der Waals surface area contributed by atoms with Gasteiger partial charge in [0, 0.05) is 47.4 Å². The molecule has 2 aromatic rings. The van der Waals surface area contributed by atoms with E-state index in [0.29, 0.717) is 12.2 Å². The third-order valence-corrected chi connectivity index (χ3v) is 6.95. The molecule has 1 aliphatic heterocycles. The van der Waals surface area contributed by atoms with Gasteiger partial charge in [-0.25, -0.2) is 9.37 Å². The number of esters is 1. The SMILES string of the molecule is CCOC(=O)c1ccc(-c2c3ccc(=[N+](CC)CC)cc-3oc3cc(N(CC)CC)ccc23)c(C)c1. The molecular weight excluding hydrogens is 448 g/mol. The highest BCUT2D eigenvalue weighted by atomic mass is 16.5. The summed E-state index contributed by atoms with van der Waals surface area (Å²) in [6, 6.07) is 18.8. The highest BCUT2D eigenvalue weighted by molar-refractivity contribution is 6.03. The molecule has 5 nitrogen and oxygen atoms in total. The number of carbonyl (C=O) groups excluding carboxylic acids is 1. The molecule has 5 heteroatoms. The zero-order valence-electron chi connectivity index (χ0n) is 22.4. The van der Waals surface area contributed by atoms with E-state index in [4.69, 9.17) is 9.15 Å². The average molecular weight is 486 g/mol. The quantitative estimate of drug-likeness (QED) is 0.166. The molecule has 2 aromatic carbocycles. The van der Waals surface area contributed by atoms with E-state index in [9.17, 15) is 4.79 Å². The van der Waals surface area contributed by atoms with E-state index in [1.54, 1.807) is 0 Å². The first-order valence-electron chi connectivity index (χ1n) is 13.1. The molecule has 0 bridgehead atoms. The van der Waals surface area contributed by atoms with Crippen molar-refractivity contribution in [2.75, 3.05) is 37.7 Å². The lowest BCUT2D eigenvalue weighted by atomic mass is 9.90. The van der Waals surface area contributed by atoms with Crippen LogP contribution in [0.4, 0.5) is 5.69 Å². The number of aryl methyl sites for hydroxylation is 1. The molecule has 0 spiro atoms. The molecule has 2 aliphatic rings. The molecule has 0 N–H and O–H groups in total. The normalized spacial score (nSPS) is 11.2. The third-order valence-electron chi connectivity index (χ3n) is 6.95. The first-order valence-corrected chi connectivity index (χ1v) is 13.1. The fourth-order valence-electron chi connectivity index (χ4n) is 5.01. The largest absolute Gasteiger partial charge is 0.462 e. The van der Waals surface area contributed by atoms with E-state index in [2.05, 4.69) is 80.5 Å². The number of anilines is 1. The molecule has 0 aromatic heterocycles. The lowest BCUT2D eigenvalue weighted by Gasteiger charge is -2.22. The number of ether oxygens (including phenoxy) is 1. The van der Waals surface area contributed by atoms with Crippen LogP contribution in [-0.2, 0) is 4.74 Å². The van der Waals surface area contributed by atoms with Crippen molar-refractivity contribution >= 4 is 22.6 Å². The predicted molar refractivity (Wildman–Crippen MR) is 149 cm³/mol. The van der Waals surface area contributed by atoms with Crippen LogP contribution < -0.4 is 14.8 Å². The summed E-state index contributed by atoms with van der Waals surface area (Å²) in [5, 5.41) is 2.21. The highest BCUT2D eigenvalue weighted by Crippen LogP contribution is 2.42. The van der Waals surface area contributed by atoms with E-state index in [-0.39, 0.29) is 5.97 Å². The Bertz CT molecular complexity index is 1420. The van der Waals surface area contributed by atoms with Gasteiger partial charge in [0.25, 0.3) is 0 Å². The maximum Gasteiger partial charge on any atom is 0.338 e. The number of benzene rings is 3. The summed E-state index contributed by atoms with van der Waals surface area (Å²) in [4.78, 5) is 14.7. The Morgan fingerprint density at radius 2 is 1.61 bits per heavy atom. The van der Waals surface area contributed by atoms with Crippen LogP contribution in [0.5, 0.6) is 0 Å². The Hall–Kier alpha value is -3.60. The Morgan fingerprint density at radius 1 is 0.889 bits per heavy atom. The molecule has 0 saturated carbocycles. The van der Waals surface area contributed by atoms with Crippen molar-refractivity contribution in [2.24, 2.45) is 0 Å². The standard InChI is InChI=1S/C31H37N2O3/c1-7-32(8-2)23-13-16-26-28(19-23)36-29-20-24(33(9-3)10-4)14-17-27(29)30(26)25-15-12-22(18-21(25)6)31(34)35-11-5/h12-20H,7-11H2,1-6H3/q+1. The molecule has 0 saturated heterocycles. The van der Waals surface area contributed by atoms with Gasteiger partial charge in [0.05, 0.1) is 18.2 Å². The fraction of sp³-hybridized carbons (Fsp3) is 0.355. The van der Waals surface area contributed by atoms with Gasteiger partial charge in [-0.2, -0.15) is 0 Å². The second-order valence-electron chi connectivity index (χ2n) is 8.93. The Labute approximate surface area is 214 Å². The van der Waals surface area contributed by atoms with E-state index in [1.807, 2.05) is 25.1 Å². The lowest BCUT2D eigenvalue weighted by Crippen LogP contribution is -2.29. The summed E-state index contributed by atoms with van der Waals surface area (Å²) >= 11 is 0. The van der Waals surface area contributed by atoms with Gasteiger partial charge in [0.15, 0.2) is 0 Å². The van der Waals surface area contributed by atoms with Crippen LogP contribution in [-0.4, -0.2) is 38.8 Å². The number of hydrogen-bond donors (Lipinski definition) is 0. The Morgan fingerprint density at radius 3 is 2.25 bits per heavy atom. The molecule has 0 radical (unpaired) electrons. The minimum atomic E-state index is -0.294. The zero-order chi connectivity index (χ0) is 25.8. The van der Waals surface area contributed by atoms with Gasteiger partial charge in [-0.05, 0) is 83.0 Å². The number of fused-ring (bicyclic) bond motifs is 2. The van der Waals surface area contributed by atoms with Crippen molar-refractivity contribution in [3.05, 3.63) is 71.1 Å². The van der Waals surface area contributed by atoms with Crippen LogP contribution in [0.25, 0.3) is 33.4 Å². The summed E-state index contributed by atoms with van der Waals surface area (Å²) < 4.78 is 14.1. The van der Waals surface area contributed by atoms with Crippen LogP contribution in [0.15, 0.2) is 59.0 Å².